The first kappa shape index (κ1) is 13.6. The summed E-state index contributed by atoms with van der Waals surface area (Å²) >= 11 is 1.69. The van der Waals surface area contributed by atoms with Crippen molar-refractivity contribution < 1.29 is 9.59 Å². The van der Waals surface area contributed by atoms with Crippen LogP contribution in [0.2, 0.25) is 0 Å². The molecule has 22 heavy (non-hydrogen) atoms. The van der Waals surface area contributed by atoms with E-state index in [4.69, 9.17) is 0 Å². The Morgan fingerprint density at radius 2 is 2.27 bits per heavy atom. The van der Waals surface area contributed by atoms with Crippen molar-refractivity contribution in [2.75, 3.05) is 11.2 Å². The molecule has 4 rings (SSSR count). The van der Waals surface area contributed by atoms with E-state index >= 15 is 0 Å². The van der Waals surface area contributed by atoms with E-state index in [1.807, 2.05) is 31.2 Å². The predicted octanol–water partition coefficient (Wildman–Crippen LogP) is 1.56. The quantitative estimate of drug-likeness (QED) is 0.913. The van der Waals surface area contributed by atoms with E-state index in [1.54, 1.807) is 27.7 Å². The number of carbonyl (C=O) groups is 2. The number of rotatable bonds is 2. The van der Waals surface area contributed by atoms with Crippen LogP contribution >= 0.6 is 11.8 Å². The maximum Gasteiger partial charge on any atom is 0.262 e. The Morgan fingerprint density at radius 3 is 3.14 bits per heavy atom. The van der Waals surface area contributed by atoms with Gasteiger partial charge in [0.2, 0.25) is 5.91 Å². The maximum atomic E-state index is 12.6. The molecule has 0 radical (unpaired) electrons. The topological polar surface area (TPSA) is 67.2 Å². The number of thioether (sulfide) groups is 1. The van der Waals surface area contributed by atoms with Gasteiger partial charge < -0.3 is 4.90 Å². The predicted molar refractivity (Wildman–Crippen MR) is 84.8 cm³/mol. The summed E-state index contributed by atoms with van der Waals surface area (Å²) in [5.74, 6) is 0.554. The van der Waals surface area contributed by atoms with Gasteiger partial charge in [-0.1, -0.05) is 12.1 Å². The van der Waals surface area contributed by atoms with Crippen molar-refractivity contribution in [1.82, 2.24) is 14.6 Å². The highest BCUT2D eigenvalue weighted by Crippen LogP contribution is 2.47. The largest absolute Gasteiger partial charge is 0.315 e. The highest BCUT2D eigenvalue weighted by Gasteiger charge is 2.52. The Hall–Kier alpha value is -2.02. The van der Waals surface area contributed by atoms with E-state index in [0.29, 0.717) is 12.2 Å². The third-order valence-corrected chi connectivity index (χ3v) is 5.94. The van der Waals surface area contributed by atoms with E-state index < -0.39 is 6.04 Å². The lowest BCUT2D eigenvalue weighted by atomic mass is 10.2. The van der Waals surface area contributed by atoms with Gasteiger partial charge in [-0.25, -0.2) is 9.66 Å². The molecule has 0 spiro atoms. The van der Waals surface area contributed by atoms with Crippen molar-refractivity contribution in [3.05, 3.63) is 30.6 Å². The number of para-hydroxylation sites is 2. The summed E-state index contributed by atoms with van der Waals surface area (Å²) in [7, 11) is 0. The molecule has 2 atom stereocenters. The monoisotopic (exact) mass is 316 g/mol. The van der Waals surface area contributed by atoms with Crippen LogP contribution < -0.4 is 5.43 Å². The zero-order chi connectivity index (χ0) is 15.3. The number of hydrogen-bond acceptors (Lipinski definition) is 4. The number of benzene rings is 1. The number of nitrogens with one attached hydrogen (secondary N) is 1. The van der Waals surface area contributed by atoms with Crippen LogP contribution in [0.15, 0.2) is 30.6 Å². The van der Waals surface area contributed by atoms with Crippen molar-refractivity contribution in [2.45, 2.75) is 30.7 Å². The third-order valence-electron chi connectivity index (χ3n) is 4.43. The summed E-state index contributed by atoms with van der Waals surface area (Å²) in [6, 6.07) is 7.19. The number of nitrogens with zero attached hydrogens (tertiary/aromatic N) is 3. The third kappa shape index (κ3) is 1.92. The van der Waals surface area contributed by atoms with Gasteiger partial charge in [0.15, 0.2) is 0 Å². The number of hydrogen-bond donors (Lipinski definition) is 1. The first-order valence-corrected chi connectivity index (χ1v) is 8.26. The van der Waals surface area contributed by atoms with Crippen LogP contribution in [0.3, 0.4) is 0 Å². The van der Waals surface area contributed by atoms with Gasteiger partial charge in [-0.2, -0.15) is 0 Å². The van der Waals surface area contributed by atoms with Gasteiger partial charge in [0, 0.05) is 12.2 Å². The normalized spacial score (nSPS) is 27.4. The Balaban J connectivity index is 1.59. The molecule has 2 aliphatic heterocycles. The van der Waals surface area contributed by atoms with Crippen molar-refractivity contribution in [2.24, 2.45) is 0 Å². The number of amides is 2. The number of aromatic nitrogens is 2. The highest BCUT2D eigenvalue weighted by atomic mass is 32.2. The van der Waals surface area contributed by atoms with E-state index in [1.165, 1.54) is 0 Å². The Kier molecular flexibility index (Phi) is 2.94. The zero-order valence-electron chi connectivity index (χ0n) is 12.2. The summed E-state index contributed by atoms with van der Waals surface area (Å²) in [6.07, 6.45) is 2.94. The minimum atomic E-state index is -0.411. The standard InChI is InChI=1S/C15H16N4O2S/c1-15-7-6-13(20)19(15)12(8-22-15)14(21)17-18-9-16-10-4-2-3-5-11(10)18/h2-5,9,12H,6-8H2,1H3,(H,17,21). The second-order valence-corrected chi connectivity index (χ2v) is 7.35. The van der Waals surface area contributed by atoms with Crippen LogP contribution in [0.4, 0.5) is 0 Å². The lowest BCUT2D eigenvalue weighted by Gasteiger charge is -2.29. The molecule has 1 N–H and O–H groups in total. The maximum absolute atomic E-state index is 12.6. The fraction of sp³-hybridized carbons (Fsp3) is 0.400. The minimum Gasteiger partial charge on any atom is -0.315 e. The zero-order valence-corrected chi connectivity index (χ0v) is 13.0. The van der Waals surface area contributed by atoms with Gasteiger partial charge >= 0.3 is 0 Å². The van der Waals surface area contributed by atoms with Gasteiger partial charge in [0.1, 0.15) is 12.4 Å². The molecule has 2 amide bonds. The van der Waals surface area contributed by atoms with Gasteiger partial charge in [-0.05, 0) is 25.5 Å². The first-order valence-electron chi connectivity index (χ1n) is 7.28. The van der Waals surface area contributed by atoms with Crippen molar-refractivity contribution in [1.29, 1.82) is 0 Å². The van der Waals surface area contributed by atoms with Gasteiger partial charge in [0.05, 0.1) is 15.9 Å². The van der Waals surface area contributed by atoms with Crippen LogP contribution in [0.5, 0.6) is 0 Å². The molecular weight excluding hydrogens is 300 g/mol. The van der Waals surface area contributed by atoms with Crippen LogP contribution in [0.1, 0.15) is 19.8 Å². The molecule has 2 aliphatic rings. The van der Waals surface area contributed by atoms with Gasteiger partial charge in [-0.15, -0.1) is 11.8 Å². The molecule has 114 valence electrons. The SMILES string of the molecule is CC12CCC(=O)N1C(C(=O)Nn1cnc3ccccc31)CS2. The second kappa shape index (κ2) is 4.74. The van der Waals surface area contributed by atoms with Crippen molar-refractivity contribution >= 4 is 34.6 Å². The lowest BCUT2D eigenvalue weighted by molar-refractivity contribution is -0.136. The number of carbonyl (C=O) groups excluding carboxylic acids is 2. The molecule has 2 unspecified atom stereocenters. The van der Waals surface area contributed by atoms with Crippen molar-refractivity contribution in [3.63, 3.8) is 0 Å². The summed E-state index contributed by atoms with van der Waals surface area (Å²) in [6.45, 7) is 2.04. The Morgan fingerprint density at radius 1 is 1.45 bits per heavy atom. The van der Waals surface area contributed by atoms with Crippen LogP contribution in [-0.2, 0) is 9.59 Å². The highest BCUT2D eigenvalue weighted by molar-refractivity contribution is 8.01. The van der Waals surface area contributed by atoms with Gasteiger partial charge in [-0.3, -0.25) is 15.0 Å². The molecule has 0 aliphatic carbocycles. The lowest BCUT2D eigenvalue weighted by Crippen LogP contribution is -2.49. The second-order valence-electron chi connectivity index (χ2n) is 5.84. The summed E-state index contributed by atoms with van der Waals surface area (Å²) in [5.41, 5.74) is 4.53. The average molecular weight is 316 g/mol. The molecule has 2 fully saturated rings. The summed E-state index contributed by atoms with van der Waals surface area (Å²) < 4.78 is 1.62. The molecule has 6 nitrogen and oxygen atoms in total. The molecule has 0 bridgehead atoms. The Bertz CT molecular complexity index is 774. The molecule has 2 saturated heterocycles. The van der Waals surface area contributed by atoms with Crippen LogP contribution in [0, 0.1) is 0 Å². The summed E-state index contributed by atoms with van der Waals surface area (Å²) in [5, 5.41) is 0. The van der Waals surface area contributed by atoms with Crippen LogP contribution in [0.25, 0.3) is 11.0 Å². The van der Waals surface area contributed by atoms with Crippen molar-refractivity contribution in [3.8, 4) is 0 Å². The molecule has 7 heteroatoms. The fourth-order valence-corrected chi connectivity index (χ4v) is 4.69. The molecule has 2 aromatic rings. The Labute approximate surface area is 131 Å². The van der Waals surface area contributed by atoms with E-state index in [0.717, 1.165) is 17.5 Å². The van der Waals surface area contributed by atoms with Crippen LogP contribution in [-0.4, -0.2) is 43.0 Å². The fourth-order valence-electron chi connectivity index (χ4n) is 3.26. The smallest absolute Gasteiger partial charge is 0.262 e. The summed E-state index contributed by atoms with van der Waals surface area (Å²) in [4.78, 5) is 30.5. The van der Waals surface area contributed by atoms with E-state index in [9.17, 15) is 9.59 Å². The molecule has 3 heterocycles. The average Bonchev–Trinajstić information content (AvgIpc) is 3.14. The molecular formula is C15H16N4O2S. The number of imidazole rings is 1. The number of fused-ring (bicyclic) bond motifs is 2. The molecule has 1 aromatic carbocycles. The molecule has 1 aromatic heterocycles. The van der Waals surface area contributed by atoms with E-state index in [2.05, 4.69) is 10.4 Å². The van der Waals surface area contributed by atoms with E-state index in [-0.39, 0.29) is 16.7 Å². The minimum absolute atomic E-state index is 0.0724. The molecule has 0 saturated carbocycles. The van der Waals surface area contributed by atoms with Gasteiger partial charge in [0.25, 0.3) is 5.91 Å². The first-order chi connectivity index (χ1) is 10.6.